The molecule has 1 nitrogen and oxygen atoms in total. The predicted octanol–water partition coefficient (Wildman–Crippen LogP) is 3.74. The van der Waals surface area contributed by atoms with Crippen molar-refractivity contribution in [3.8, 4) is 0 Å². The Morgan fingerprint density at radius 3 is 2.20 bits per heavy atom. The van der Waals surface area contributed by atoms with Gasteiger partial charge in [0.1, 0.15) is 0 Å². The van der Waals surface area contributed by atoms with Crippen LogP contribution in [-0.4, -0.2) is 5.11 Å². The summed E-state index contributed by atoms with van der Waals surface area (Å²) in [5, 5.41) is 11.3. The maximum absolute atomic E-state index is 10.5. The van der Waals surface area contributed by atoms with Gasteiger partial charge in [0.15, 0.2) is 0 Å². The fourth-order valence-electron chi connectivity index (χ4n) is 2.52. The SMILES string of the molecule is CC1(C)CCC(O)(c2ccc(Cl)cc2)C1. The molecule has 0 heterocycles. The lowest BCUT2D eigenvalue weighted by Crippen LogP contribution is -2.23. The van der Waals surface area contributed by atoms with Crippen LogP contribution in [0.1, 0.15) is 38.7 Å². The highest BCUT2D eigenvalue weighted by molar-refractivity contribution is 6.30. The smallest absolute Gasteiger partial charge is 0.0901 e. The summed E-state index contributed by atoms with van der Waals surface area (Å²) in [5.41, 5.74) is 0.597. The molecule has 15 heavy (non-hydrogen) atoms. The highest BCUT2D eigenvalue weighted by Crippen LogP contribution is 2.48. The van der Waals surface area contributed by atoms with E-state index >= 15 is 0 Å². The molecular formula is C13H17ClO. The summed E-state index contributed by atoms with van der Waals surface area (Å²) < 4.78 is 0. The second-order valence-electron chi connectivity index (χ2n) is 5.38. The molecular weight excluding hydrogens is 208 g/mol. The minimum atomic E-state index is -0.645. The predicted molar refractivity (Wildman–Crippen MR) is 63.0 cm³/mol. The molecule has 1 saturated carbocycles. The molecule has 1 N–H and O–H groups in total. The minimum absolute atomic E-state index is 0.244. The Bertz CT molecular complexity index is 355. The zero-order valence-corrected chi connectivity index (χ0v) is 10.0. The van der Waals surface area contributed by atoms with Crippen molar-refractivity contribution in [1.82, 2.24) is 0 Å². The van der Waals surface area contributed by atoms with Gasteiger partial charge in [-0.2, -0.15) is 0 Å². The van der Waals surface area contributed by atoms with Crippen LogP contribution in [0, 0.1) is 5.41 Å². The molecule has 0 bridgehead atoms. The monoisotopic (exact) mass is 224 g/mol. The fourth-order valence-corrected chi connectivity index (χ4v) is 2.65. The first-order valence-corrected chi connectivity index (χ1v) is 5.78. The van der Waals surface area contributed by atoms with Crippen molar-refractivity contribution in [3.05, 3.63) is 34.9 Å². The van der Waals surface area contributed by atoms with E-state index in [0.717, 1.165) is 29.8 Å². The quantitative estimate of drug-likeness (QED) is 0.771. The number of hydrogen-bond acceptors (Lipinski definition) is 1. The second kappa shape index (κ2) is 3.50. The molecule has 0 aliphatic heterocycles. The van der Waals surface area contributed by atoms with Gasteiger partial charge in [0, 0.05) is 5.02 Å². The summed E-state index contributed by atoms with van der Waals surface area (Å²) in [6.45, 7) is 4.42. The van der Waals surface area contributed by atoms with Gasteiger partial charge in [0.05, 0.1) is 5.60 Å². The molecule has 1 aromatic carbocycles. The van der Waals surface area contributed by atoms with E-state index in [2.05, 4.69) is 13.8 Å². The van der Waals surface area contributed by atoms with Crippen LogP contribution in [-0.2, 0) is 5.60 Å². The molecule has 2 rings (SSSR count). The first kappa shape index (κ1) is 11.0. The molecule has 0 spiro atoms. The van der Waals surface area contributed by atoms with E-state index in [0.29, 0.717) is 0 Å². The van der Waals surface area contributed by atoms with Crippen LogP contribution < -0.4 is 0 Å². The first-order chi connectivity index (χ1) is 6.91. The number of halogens is 1. The molecule has 0 radical (unpaired) electrons. The van der Waals surface area contributed by atoms with Crippen molar-refractivity contribution in [2.45, 2.75) is 38.7 Å². The maximum Gasteiger partial charge on any atom is 0.0901 e. The van der Waals surface area contributed by atoms with E-state index in [-0.39, 0.29) is 5.41 Å². The van der Waals surface area contributed by atoms with Crippen molar-refractivity contribution in [2.75, 3.05) is 0 Å². The summed E-state index contributed by atoms with van der Waals surface area (Å²) in [6.07, 6.45) is 2.76. The Balaban J connectivity index is 2.27. The zero-order chi connectivity index (χ0) is 11.1. The normalized spacial score (nSPS) is 29.3. The molecule has 1 aromatic rings. The molecule has 82 valence electrons. The maximum atomic E-state index is 10.5. The second-order valence-corrected chi connectivity index (χ2v) is 5.82. The van der Waals surface area contributed by atoms with Gasteiger partial charge >= 0.3 is 0 Å². The van der Waals surface area contributed by atoms with Crippen molar-refractivity contribution < 1.29 is 5.11 Å². The molecule has 1 unspecified atom stereocenters. The Labute approximate surface area is 96.1 Å². The van der Waals surface area contributed by atoms with Crippen LogP contribution in [0.3, 0.4) is 0 Å². The van der Waals surface area contributed by atoms with Crippen molar-refractivity contribution in [1.29, 1.82) is 0 Å². The van der Waals surface area contributed by atoms with E-state index < -0.39 is 5.60 Å². The number of rotatable bonds is 1. The summed E-state index contributed by atoms with van der Waals surface area (Å²) in [6, 6.07) is 7.56. The van der Waals surface area contributed by atoms with E-state index in [1.807, 2.05) is 24.3 Å². The summed E-state index contributed by atoms with van der Waals surface area (Å²) in [5.74, 6) is 0. The highest BCUT2D eigenvalue weighted by Gasteiger charge is 2.42. The van der Waals surface area contributed by atoms with Gasteiger partial charge in [-0.3, -0.25) is 0 Å². The van der Waals surface area contributed by atoms with Crippen LogP contribution in [0.25, 0.3) is 0 Å². The van der Waals surface area contributed by atoms with Crippen molar-refractivity contribution in [2.24, 2.45) is 5.41 Å². The minimum Gasteiger partial charge on any atom is -0.385 e. The fraction of sp³-hybridized carbons (Fsp3) is 0.538. The van der Waals surface area contributed by atoms with Crippen LogP contribution in [0.4, 0.5) is 0 Å². The lowest BCUT2D eigenvalue weighted by molar-refractivity contribution is 0.0338. The third kappa shape index (κ3) is 2.19. The molecule has 0 aromatic heterocycles. The Morgan fingerprint density at radius 1 is 1.13 bits per heavy atom. The van der Waals surface area contributed by atoms with Gasteiger partial charge in [-0.1, -0.05) is 37.6 Å². The molecule has 1 fully saturated rings. The summed E-state index contributed by atoms with van der Waals surface area (Å²) in [4.78, 5) is 0. The largest absolute Gasteiger partial charge is 0.385 e. The summed E-state index contributed by atoms with van der Waals surface area (Å²) in [7, 11) is 0. The lowest BCUT2D eigenvalue weighted by Gasteiger charge is -2.25. The van der Waals surface area contributed by atoms with Gasteiger partial charge in [0.25, 0.3) is 0 Å². The summed E-state index contributed by atoms with van der Waals surface area (Å²) >= 11 is 5.84. The topological polar surface area (TPSA) is 20.2 Å². The molecule has 0 amide bonds. The number of benzene rings is 1. The van der Waals surface area contributed by atoms with Gasteiger partial charge in [0.2, 0.25) is 0 Å². The third-order valence-electron chi connectivity index (χ3n) is 3.37. The highest BCUT2D eigenvalue weighted by atomic mass is 35.5. The molecule has 1 aliphatic rings. The van der Waals surface area contributed by atoms with Crippen LogP contribution in [0.5, 0.6) is 0 Å². The van der Waals surface area contributed by atoms with Crippen LogP contribution >= 0.6 is 11.6 Å². The van der Waals surface area contributed by atoms with Gasteiger partial charge in [-0.05, 0) is 42.4 Å². The van der Waals surface area contributed by atoms with Gasteiger partial charge in [-0.25, -0.2) is 0 Å². The zero-order valence-electron chi connectivity index (χ0n) is 9.26. The molecule has 1 aliphatic carbocycles. The van der Waals surface area contributed by atoms with E-state index in [1.54, 1.807) is 0 Å². The van der Waals surface area contributed by atoms with Crippen LogP contribution in [0.15, 0.2) is 24.3 Å². The van der Waals surface area contributed by atoms with Crippen molar-refractivity contribution >= 4 is 11.6 Å². The first-order valence-electron chi connectivity index (χ1n) is 5.40. The average molecular weight is 225 g/mol. The average Bonchev–Trinajstić information content (AvgIpc) is 2.43. The van der Waals surface area contributed by atoms with Gasteiger partial charge in [-0.15, -0.1) is 0 Å². The van der Waals surface area contributed by atoms with Gasteiger partial charge < -0.3 is 5.11 Å². The Morgan fingerprint density at radius 2 is 1.73 bits per heavy atom. The third-order valence-corrected chi connectivity index (χ3v) is 3.62. The van der Waals surface area contributed by atoms with E-state index in [4.69, 9.17) is 11.6 Å². The van der Waals surface area contributed by atoms with Crippen LogP contribution in [0.2, 0.25) is 5.02 Å². The molecule has 2 heteroatoms. The standard InChI is InChI=1S/C13H17ClO/c1-12(2)7-8-13(15,9-12)10-3-5-11(14)6-4-10/h3-6,15H,7-9H2,1-2H3. The number of hydrogen-bond donors (Lipinski definition) is 1. The lowest BCUT2D eigenvalue weighted by atomic mass is 9.86. The van der Waals surface area contributed by atoms with E-state index in [9.17, 15) is 5.11 Å². The van der Waals surface area contributed by atoms with Crippen molar-refractivity contribution in [3.63, 3.8) is 0 Å². The molecule has 1 atom stereocenters. The Kier molecular flexibility index (Phi) is 2.56. The van der Waals surface area contributed by atoms with E-state index in [1.165, 1.54) is 0 Å². The number of aliphatic hydroxyl groups is 1. The Hall–Kier alpha value is -0.530. The molecule has 0 saturated heterocycles.